The van der Waals surface area contributed by atoms with Crippen molar-refractivity contribution in [3.05, 3.63) is 76.0 Å². The largest absolute Gasteiger partial charge is 0.465 e. The third-order valence-electron chi connectivity index (χ3n) is 7.83. The maximum Gasteiger partial charge on any atom is 0.407 e. The van der Waals surface area contributed by atoms with E-state index in [-0.39, 0.29) is 30.3 Å². The molecule has 5 rings (SSSR count). The number of rotatable bonds is 9. The molecular formula is C31H39N7O3S. The number of hydrogen-bond donors (Lipinski definition) is 3. The first-order valence-corrected chi connectivity index (χ1v) is 15.1. The fourth-order valence-electron chi connectivity index (χ4n) is 5.25. The van der Waals surface area contributed by atoms with E-state index in [0.717, 1.165) is 53.5 Å². The van der Waals surface area contributed by atoms with Gasteiger partial charge in [0, 0.05) is 56.3 Å². The average molecular weight is 590 g/mol. The van der Waals surface area contributed by atoms with Crippen LogP contribution in [0, 0.1) is 5.41 Å². The summed E-state index contributed by atoms with van der Waals surface area (Å²) in [7, 11) is 2.13. The molecule has 42 heavy (non-hydrogen) atoms. The zero-order valence-electron chi connectivity index (χ0n) is 24.6. The third-order valence-corrected chi connectivity index (χ3v) is 8.78. The number of amides is 2. The summed E-state index contributed by atoms with van der Waals surface area (Å²) in [5, 5.41) is 15.6. The molecular weight excluding hydrogens is 550 g/mol. The molecule has 0 bridgehead atoms. The van der Waals surface area contributed by atoms with Gasteiger partial charge in [-0.25, -0.2) is 14.8 Å². The number of thiazole rings is 1. The standard InChI is InChI=1S/C31H39N7O3S/c1-31(2,3)22(18-38(30(40)41)19-27-33-23-10-6-7-11-24(23)34-27)29-35-25(20-42-29)28(39)32-17-21-9-5-8-12-26(21)37-15-13-36(4)14-16-37/h5-12,20,22H,13-19H2,1-4H3,(H,32,39)(H,33,34)(H,40,41). The minimum atomic E-state index is -1.03. The van der Waals surface area contributed by atoms with Crippen molar-refractivity contribution in [3.8, 4) is 0 Å². The summed E-state index contributed by atoms with van der Waals surface area (Å²) in [6.07, 6.45) is -1.03. The van der Waals surface area contributed by atoms with Crippen molar-refractivity contribution >= 4 is 40.1 Å². The fourth-order valence-corrected chi connectivity index (χ4v) is 6.38. The van der Waals surface area contributed by atoms with Gasteiger partial charge in [0.2, 0.25) is 0 Å². The Balaban J connectivity index is 1.27. The Morgan fingerprint density at radius 2 is 1.79 bits per heavy atom. The molecule has 222 valence electrons. The summed E-state index contributed by atoms with van der Waals surface area (Å²) < 4.78 is 0. The first-order chi connectivity index (χ1) is 20.1. The molecule has 10 nitrogen and oxygen atoms in total. The number of benzene rings is 2. The molecule has 1 atom stereocenters. The highest BCUT2D eigenvalue weighted by Gasteiger charge is 2.33. The Morgan fingerprint density at radius 1 is 1.07 bits per heavy atom. The van der Waals surface area contributed by atoms with Crippen molar-refractivity contribution in [2.45, 2.75) is 39.8 Å². The highest BCUT2D eigenvalue weighted by atomic mass is 32.1. The van der Waals surface area contributed by atoms with E-state index >= 15 is 0 Å². The summed E-state index contributed by atoms with van der Waals surface area (Å²) in [5.41, 5.74) is 3.94. The van der Waals surface area contributed by atoms with E-state index < -0.39 is 6.09 Å². The predicted octanol–water partition coefficient (Wildman–Crippen LogP) is 5.01. The number of carbonyl (C=O) groups excluding carboxylic acids is 1. The summed E-state index contributed by atoms with van der Waals surface area (Å²) in [6.45, 7) is 10.9. The van der Waals surface area contributed by atoms with Gasteiger partial charge in [0.1, 0.15) is 11.5 Å². The number of hydrogen-bond acceptors (Lipinski definition) is 7. The van der Waals surface area contributed by atoms with Gasteiger partial charge >= 0.3 is 6.09 Å². The molecule has 4 aromatic rings. The molecule has 2 aromatic heterocycles. The van der Waals surface area contributed by atoms with Crippen molar-refractivity contribution in [2.75, 3.05) is 44.7 Å². The Bertz CT molecular complexity index is 1500. The van der Waals surface area contributed by atoms with Crippen molar-refractivity contribution < 1.29 is 14.7 Å². The van der Waals surface area contributed by atoms with Crippen LogP contribution < -0.4 is 10.2 Å². The Hall–Kier alpha value is -3.96. The second-order valence-electron chi connectivity index (χ2n) is 12.0. The van der Waals surface area contributed by atoms with Crippen molar-refractivity contribution in [1.82, 2.24) is 30.1 Å². The molecule has 1 aliphatic rings. The van der Waals surface area contributed by atoms with Gasteiger partial charge in [0.05, 0.1) is 22.6 Å². The number of carbonyl (C=O) groups is 2. The molecule has 3 N–H and O–H groups in total. The normalized spacial score (nSPS) is 15.1. The number of aromatic nitrogens is 3. The molecule has 2 amide bonds. The average Bonchev–Trinajstić information content (AvgIpc) is 3.61. The van der Waals surface area contributed by atoms with Crippen molar-refractivity contribution in [3.63, 3.8) is 0 Å². The van der Waals surface area contributed by atoms with Gasteiger partial charge in [-0.2, -0.15) is 0 Å². The van der Waals surface area contributed by atoms with Crippen LogP contribution in [-0.4, -0.2) is 81.6 Å². The summed E-state index contributed by atoms with van der Waals surface area (Å²) >= 11 is 1.40. The maximum absolute atomic E-state index is 13.2. The molecule has 3 heterocycles. The Morgan fingerprint density at radius 3 is 2.50 bits per heavy atom. The van der Waals surface area contributed by atoms with Crippen LogP contribution in [-0.2, 0) is 13.1 Å². The highest BCUT2D eigenvalue weighted by molar-refractivity contribution is 7.10. The van der Waals surface area contributed by atoms with Crippen LogP contribution in [0.2, 0.25) is 0 Å². The van der Waals surface area contributed by atoms with E-state index in [1.807, 2.05) is 36.4 Å². The number of likely N-dealkylation sites (N-methyl/N-ethyl adjacent to an activating group) is 1. The molecule has 0 saturated carbocycles. The third kappa shape index (κ3) is 6.91. The van der Waals surface area contributed by atoms with Crippen LogP contribution in [0.15, 0.2) is 53.9 Å². The van der Waals surface area contributed by atoms with E-state index in [1.54, 1.807) is 5.38 Å². The van der Waals surface area contributed by atoms with Crippen molar-refractivity contribution in [2.24, 2.45) is 5.41 Å². The maximum atomic E-state index is 13.2. The van der Waals surface area contributed by atoms with Gasteiger partial charge in [-0.3, -0.25) is 4.79 Å². The van der Waals surface area contributed by atoms with E-state index in [9.17, 15) is 14.7 Å². The number of nitrogens with zero attached hydrogens (tertiary/aromatic N) is 5. The minimum Gasteiger partial charge on any atom is -0.465 e. The van der Waals surface area contributed by atoms with Crippen LogP contribution in [0.4, 0.5) is 10.5 Å². The zero-order valence-corrected chi connectivity index (χ0v) is 25.4. The van der Waals surface area contributed by atoms with Gasteiger partial charge in [0.15, 0.2) is 0 Å². The number of nitrogens with one attached hydrogen (secondary N) is 2. The minimum absolute atomic E-state index is 0.127. The second kappa shape index (κ2) is 12.5. The van der Waals surface area contributed by atoms with Gasteiger partial charge in [-0.1, -0.05) is 51.1 Å². The molecule has 1 unspecified atom stereocenters. The summed E-state index contributed by atoms with van der Waals surface area (Å²) in [5.74, 6) is 0.125. The molecule has 1 fully saturated rings. The van der Waals surface area contributed by atoms with E-state index in [4.69, 9.17) is 4.98 Å². The molecule has 0 radical (unpaired) electrons. The smallest absolute Gasteiger partial charge is 0.407 e. The first kappa shape index (κ1) is 29.5. The number of para-hydroxylation sites is 3. The lowest BCUT2D eigenvalue weighted by Gasteiger charge is -2.35. The van der Waals surface area contributed by atoms with Crippen LogP contribution in [0.3, 0.4) is 0 Å². The molecule has 1 aliphatic heterocycles. The zero-order chi connectivity index (χ0) is 29.9. The van der Waals surface area contributed by atoms with Crippen LogP contribution in [0.25, 0.3) is 11.0 Å². The predicted molar refractivity (Wildman–Crippen MR) is 166 cm³/mol. The number of fused-ring (bicyclic) bond motifs is 1. The number of anilines is 1. The molecule has 2 aromatic carbocycles. The van der Waals surface area contributed by atoms with Crippen LogP contribution >= 0.6 is 11.3 Å². The number of piperazine rings is 1. The Kier molecular flexibility index (Phi) is 8.79. The lowest BCUT2D eigenvalue weighted by Crippen LogP contribution is -2.45. The van der Waals surface area contributed by atoms with Gasteiger partial charge in [-0.05, 0) is 36.2 Å². The fraction of sp³-hybridized carbons (Fsp3) is 0.419. The summed E-state index contributed by atoms with van der Waals surface area (Å²) in [4.78, 5) is 44.0. The van der Waals surface area contributed by atoms with E-state index in [2.05, 4.69) is 65.0 Å². The summed E-state index contributed by atoms with van der Waals surface area (Å²) in [6, 6.07) is 15.8. The SMILES string of the molecule is CN1CCN(c2ccccc2CNC(=O)c2csc(C(CN(Cc3nc4ccccc4[nH]3)C(=O)O)C(C)(C)C)n2)CC1. The monoisotopic (exact) mass is 589 g/mol. The van der Waals surface area contributed by atoms with Gasteiger partial charge in [0.25, 0.3) is 5.91 Å². The van der Waals surface area contributed by atoms with Gasteiger partial charge < -0.3 is 30.1 Å². The molecule has 1 saturated heterocycles. The highest BCUT2D eigenvalue weighted by Crippen LogP contribution is 2.37. The number of imidazole rings is 1. The van der Waals surface area contributed by atoms with Gasteiger partial charge in [-0.15, -0.1) is 11.3 Å². The van der Waals surface area contributed by atoms with Crippen LogP contribution in [0.1, 0.15) is 53.6 Å². The second-order valence-corrected chi connectivity index (χ2v) is 12.8. The molecule has 11 heteroatoms. The Labute approximate surface area is 250 Å². The number of aromatic amines is 1. The molecule has 0 spiro atoms. The number of carboxylic acid groups (broad SMARTS) is 1. The topological polar surface area (TPSA) is 118 Å². The molecule has 0 aliphatic carbocycles. The van der Waals surface area contributed by atoms with Crippen molar-refractivity contribution in [1.29, 1.82) is 0 Å². The lowest BCUT2D eigenvalue weighted by atomic mass is 9.80. The lowest BCUT2D eigenvalue weighted by molar-refractivity contribution is 0.0945. The number of H-pyrrole nitrogens is 1. The first-order valence-electron chi connectivity index (χ1n) is 14.2. The quantitative estimate of drug-likeness (QED) is 0.251. The van der Waals surface area contributed by atoms with E-state index in [1.165, 1.54) is 16.2 Å². The van der Waals surface area contributed by atoms with E-state index in [0.29, 0.717) is 18.1 Å². The van der Waals surface area contributed by atoms with Crippen LogP contribution in [0.5, 0.6) is 0 Å².